The van der Waals surface area contributed by atoms with Gasteiger partial charge in [-0.2, -0.15) is 0 Å². The number of hydrogen-bond acceptors (Lipinski definition) is 5. The maximum atomic E-state index is 13.2. The molecule has 174 valence electrons. The number of alkyl halides is 1. The lowest BCUT2D eigenvalue weighted by Crippen LogP contribution is -2.36. The molecule has 1 heterocycles. The number of benzene rings is 2. The van der Waals surface area contributed by atoms with Gasteiger partial charge >= 0.3 is 11.9 Å². The Morgan fingerprint density at radius 2 is 1.85 bits per heavy atom. The highest BCUT2D eigenvalue weighted by molar-refractivity contribution is 6.30. The summed E-state index contributed by atoms with van der Waals surface area (Å²) in [6, 6.07) is 16.9. The van der Waals surface area contributed by atoms with E-state index in [1.807, 2.05) is 36.4 Å². The zero-order chi connectivity index (χ0) is 24.0. The van der Waals surface area contributed by atoms with Gasteiger partial charge < -0.3 is 9.47 Å². The van der Waals surface area contributed by atoms with Crippen LogP contribution in [0.1, 0.15) is 49.1 Å². The summed E-state index contributed by atoms with van der Waals surface area (Å²) in [6.45, 7) is 3.72. The molecular weight excluding hydrogens is 461 g/mol. The third-order valence-corrected chi connectivity index (χ3v) is 6.38. The summed E-state index contributed by atoms with van der Waals surface area (Å²) >= 11 is 12.9. The fraction of sp³-hybridized carbons (Fsp3) is 0.346. The maximum Gasteiger partial charge on any atom is 0.336 e. The van der Waals surface area contributed by atoms with Gasteiger partial charge in [0.15, 0.2) is 0 Å². The van der Waals surface area contributed by atoms with Crippen molar-refractivity contribution in [3.63, 3.8) is 0 Å². The van der Waals surface area contributed by atoms with Crippen molar-refractivity contribution in [2.45, 2.75) is 38.0 Å². The van der Waals surface area contributed by atoms with Gasteiger partial charge in [0.2, 0.25) is 0 Å². The van der Waals surface area contributed by atoms with E-state index in [2.05, 4.69) is 4.99 Å². The largest absolute Gasteiger partial charge is 0.468 e. The molecule has 1 aliphatic heterocycles. The Hall–Kier alpha value is -2.63. The number of carbonyl (C=O) groups is 2. The molecule has 2 aromatic rings. The first-order valence-corrected chi connectivity index (χ1v) is 11.7. The van der Waals surface area contributed by atoms with Crippen LogP contribution in [0.25, 0.3) is 0 Å². The monoisotopic (exact) mass is 487 g/mol. The Labute approximate surface area is 204 Å². The molecule has 0 saturated carbocycles. The van der Waals surface area contributed by atoms with E-state index in [0.717, 1.165) is 11.1 Å². The van der Waals surface area contributed by atoms with E-state index in [1.165, 1.54) is 7.11 Å². The third kappa shape index (κ3) is 5.84. The predicted octanol–water partition coefficient (Wildman–Crippen LogP) is 6.26. The number of allylic oxidation sites excluding steroid dienone is 1. The van der Waals surface area contributed by atoms with Crippen LogP contribution < -0.4 is 0 Å². The van der Waals surface area contributed by atoms with Crippen molar-refractivity contribution in [1.82, 2.24) is 0 Å². The van der Waals surface area contributed by atoms with Crippen LogP contribution in [0.5, 0.6) is 0 Å². The molecule has 7 heteroatoms. The molecule has 0 aliphatic carbocycles. The summed E-state index contributed by atoms with van der Waals surface area (Å²) in [6.07, 6.45) is 1.01. The molecule has 0 N–H and O–H groups in total. The van der Waals surface area contributed by atoms with Crippen LogP contribution in [-0.4, -0.2) is 31.4 Å². The van der Waals surface area contributed by atoms with Crippen LogP contribution in [-0.2, 0) is 19.1 Å². The standard InChI is InChI=1S/C26H27Cl2NO4/c1-4-33-26(31)24-21(14-13-20(28)17-9-6-5-7-10-17)29-16(2)22(25(30)32-3)23(24)18-11-8-12-19(27)15-18/h5-12,15,20,22-23H,4,13-14H2,1-3H3. The van der Waals surface area contributed by atoms with Crippen LogP contribution >= 0.6 is 23.2 Å². The van der Waals surface area contributed by atoms with Crippen molar-refractivity contribution in [3.8, 4) is 0 Å². The minimum absolute atomic E-state index is 0.200. The maximum absolute atomic E-state index is 13.2. The van der Waals surface area contributed by atoms with E-state index < -0.39 is 23.8 Å². The Morgan fingerprint density at radius 1 is 1.12 bits per heavy atom. The molecule has 0 saturated heterocycles. The van der Waals surface area contributed by atoms with E-state index in [1.54, 1.807) is 32.0 Å². The number of hydrogen-bond donors (Lipinski definition) is 0. The second kappa shape index (κ2) is 11.5. The Bertz CT molecular complexity index is 1060. The van der Waals surface area contributed by atoms with Crippen LogP contribution in [0.2, 0.25) is 5.02 Å². The predicted molar refractivity (Wildman–Crippen MR) is 131 cm³/mol. The first-order chi connectivity index (χ1) is 15.9. The number of nitrogens with zero attached hydrogens (tertiary/aromatic N) is 1. The number of methoxy groups -OCH3 is 1. The summed E-state index contributed by atoms with van der Waals surface area (Å²) < 4.78 is 10.5. The SMILES string of the molecule is CCOC(=O)C1=C(CCC(Cl)c2ccccc2)N=C(C)C(C(=O)OC)C1c1cccc(Cl)c1. The molecule has 0 amide bonds. The zero-order valence-corrected chi connectivity index (χ0v) is 20.4. The summed E-state index contributed by atoms with van der Waals surface area (Å²) in [5, 5.41) is 0.256. The summed E-state index contributed by atoms with van der Waals surface area (Å²) in [7, 11) is 1.33. The molecule has 0 aromatic heterocycles. The number of halogens is 2. The van der Waals surface area contributed by atoms with Crippen molar-refractivity contribution < 1.29 is 19.1 Å². The van der Waals surface area contributed by atoms with Gasteiger partial charge in [0.25, 0.3) is 0 Å². The molecule has 0 spiro atoms. The van der Waals surface area contributed by atoms with Gasteiger partial charge in [0, 0.05) is 16.7 Å². The number of ether oxygens (including phenoxy) is 2. The molecule has 3 unspecified atom stereocenters. The lowest BCUT2D eigenvalue weighted by molar-refractivity contribution is -0.144. The van der Waals surface area contributed by atoms with Crippen LogP contribution in [0.3, 0.4) is 0 Å². The highest BCUT2D eigenvalue weighted by atomic mass is 35.5. The quantitative estimate of drug-likeness (QED) is 0.325. The highest BCUT2D eigenvalue weighted by Crippen LogP contribution is 2.42. The van der Waals surface area contributed by atoms with Gasteiger partial charge in [-0.15, -0.1) is 11.6 Å². The molecule has 2 aromatic carbocycles. The smallest absolute Gasteiger partial charge is 0.336 e. The number of esters is 2. The molecule has 33 heavy (non-hydrogen) atoms. The molecule has 0 radical (unpaired) electrons. The third-order valence-electron chi connectivity index (χ3n) is 5.67. The van der Waals surface area contributed by atoms with Crippen LogP contribution in [0.4, 0.5) is 0 Å². The fourth-order valence-electron chi connectivity index (χ4n) is 4.16. The van der Waals surface area contributed by atoms with E-state index in [9.17, 15) is 9.59 Å². The number of rotatable bonds is 8. The van der Waals surface area contributed by atoms with Gasteiger partial charge in [0.1, 0.15) is 5.92 Å². The molecule has 0 fully saturated rings. The molecule has 3 atom stereocenters. The van der Waals surface area contributed by atoms with E-state index in [0.29, 0.717) is 34.8 Å². The Kier molecular flexibility index (Phi) is 8.70. The van der Waals surface area contributed by atoms with Gasteiger partial charge in [-0.25, -0.2) is 4.79 Å². The van der Waals surface area contributed by atoms with Gasteiger partial charge in [0.05, 0.1) is 30.4 Å². The lowest BCUT2D eigenvalue weighted by atomic mass is 9.75. The zero-order valence-electron chi connectivity index (χ0n) is 18.9. The van der Waals surface area contributed by atoms with E-state index in [4.69, 9.17) is 32.7 Å². The van der Waals surface area contributed by atoms with Crippen molar-refractivity contribution in [3.05, 3.63) is 82.0 Å². The highest BCUT2D eigenvalue weighted by Gasteiger charge is 2.43. The fourth-order valence-corrected chi connectivity index (χ4v) is 4.61. The summed E-state index contributed by atoms with van der Waals surface area (Å²) in [5.74, 6) is -2.37. The second-order valence-corrected chi connectivity index (χ2v) is 8.75. The van der Waals surface area contributed by atoms with Crippen LogP contribution in [0.15, 0.2) is 70.9 Å². The molecule has 1 aliphatic rings. The normalized spacial score (nSPS) is 19.0. The first kappa shape index (κ1) is 25.0. The van der Waals surface area contributed by atoms with E-state index >= 15 is 0 Å². The van der Waals surface area contributed by atoms with Crippen molar-refractivity contribution in [2.24, 2.45) is 10.9 Å². The van der Waals surface area contributed by atoms with Gasteiger partial charge in [-0.05, 0) is 49.9 Å². The number of carbonyl (C=O) groups excluding carboxylic acids is 2. The van der Waals surface area contributed by atoms with Crippen molar-refractivity contribution in [2.75, 3.05) is 13.7 Å². The van der Waals surface area contributed by atoms with Crippen LogP contribution in [0, 0.1) is 5.92 Å². The van der Waals surface area contributed by atoms with Crippen molar-refractivity contribution in [1.29, 1.82) is 0 Å². The minimum atomic E-state index is -0.766. The summed E-state index contributed by atoms with van der Waals surface area (Å²) in [4.78, 5) is 30.7. The molecule has 0 bridgehead atoms. The molecular formula is C26H27Cl2NO4. The first-order valence-electron chi connectivity index (χ1n) is 10.8. The van der Waals surface area contributed by atoms with Gasteiger partial charge in [-0.3, -0.25) is 9.79 Å². The van der Waals surface area contributed by atoms with Crippen molar-refractivity contribution >= 4 is 40.9 Å². The topological polar surface area (TPSA) is 65.0 Å². The Balaban J connectivity index is 2.08. The van der Waals surface area contributed by atoms with E-state index in [-0.39, 0.29) is 12.0 Å². The second-order valence-electron chi connectivity index (χ2n) is 7.78. The summed E-state index contributed by atoms with van der Waals surface area (Å²) in [5.41, 5.74) is 3.20. The van der Waals surface area contributed by atoms with Gasteiger partial charge in [-0.1, -0.05) is 54.1 Å². The average molecular weight is 488 g/mol. The number of aliphatic imine (C=N–C) groups is 1. The minimum Gasteiger partial charge on any atom is -0.468 e. The molecule has 3 rings (SSSR count). The average Bonchev–Trinajstić information content (AvgIpc) is 2.82. The Morgan fingerprint density at radius 3 is 2.48 bits per heavy atom. The lowest BCUT2D eigenvalue weighted by Gasteiger charge is -2.32. The molecule has 5 nitrogen and oxygen atoms in total.